The van der Waals surface area contributed by atoms with Gasteiger partial charge in [0.05, 0.1) is 5.75 Å². The van der Waals surface area contributed by atoms with Gasteiger partial charge >= 0.3 is 0 Å². The lowest BCUT2D eigenvalue weighted by molar-refractivity contribution is -0.128. The number of aryl methyl sites for hydroxylation is 1. The zero-order valence-electron chi connectivity index (χ0n) is 12.7. The van der Waals surface area contributed by atoms with E-state index < -0.39 is 0 Å². The highest BCUT2D eigenvalue weighted by atomic mass is 32.2. The Morgan fingerprint density at radius 3 is 2.73 bits per heavy atom. The number of fused-ring (bicyclic) bond motifs is 1. The number of aromatic nitrogens is 5. The van der Waals surface area contributed by atoms with Crippen LogP contribution in [0, 0.1) is 0 Å². The van der Waals surface area contributed by atoms with Crippen molar-refractivity contribution in [2.75, 3.05) is 18.8 Å². The lowest BCUT2D eigenvalue weighted by Gasteiger charge is -2.19. The van der Waals surface area contributed by atoms with Crippen LogP contribution in [-0.2, 0) is 11.3 Å². The molecule has 1 amide bonds. The smallest absolute Gasteiger partial charge is 0.232 e. The van der Waals surface area contributed by atoms with E-state index in [9.17, 15) is 4.79 Å². The van der Waals surface area contributed by atoms with Crippen molar-refractivity contribution in [1.29, 1.82) is 0 Å². The molecule has 118 valence electrons. The SMILES string of the molecule is CCn1nnc2c(SCC(=O)N3CCCCCC3)ncnc21. The Labute approximate surface area is 133 Å². The van der Waals surface area contributed by atoms with E-state index in [1.165, 1.54) is 30.9 Å². The number of hydrogen-bond acceptors (Lipinski definition) is 6. The van der Waals surface area contributed by atoms with E-state index in [1.54, 1.807) is 4.68 Å². The molecule has 0 unspecified atom stereocenters. The quantitative estimate of drug-likeness (QED) is 0.631. The molecular formula is C14H20N6OS. The Morgan fingerprint density at radius 2 is 2.00 bits per heavy atom. The average Bonchev–Trinajstić information content (AvgIpc) is 2.78. The molecule has 3 rings (SSSR count). The summed E-state index contributed by atoms with van der Waals surface area (Å²) in [5.41, 5.74) is 1.40. The van der Waals surface area contributed by atoms with Crippen molar-refractivity contribution in [3.05, 3.63) is 6.33 Å². The van der Waals surface area contributed by atoms with E-state index in [-0.39, 0.29) is 5.91 Å². The van der Waals surface area contributed by atoms with Crippen LogP contribution < -0.4 is 0 Å². The molecule has 2 aromatic rings. The van der Waals surface area contributed by atoms with Gasteiger partial charge in [-0.3, -0.25) is 4.79 Å². The molecule has 3 heterocycles. The van der Waals surface area contributed by atoms with Crippen molar-refractivity contribution in [2.24, 2.45) is 0 Å². The first-order valence-corrected chi connectivity index (χ1v) is 8.73. The molecule has 0 spiro atoms. The van der Waals surface area contributed by atoms with Crippen molar-refractivity contribution in [3.8, 4) is 0 Å². The summed E-state index contributed by atoms with van der Waals surface area (Å²) in [6, 6.07) is 0. The van der Waals surface area contributed by atoms with Crippen molar-refractivity contribution in [1.82, 2.24) is 29.9 Å². The fourth-order valence-electron chi connectivity index (χ4n) is 2.63. The van der Waals surface area contributed by atoms with Crippen molar-refractivity contribution >= 4 is 28.8 Å². The van der Waals surface area contributed by atoms with E-state index in [0.29, 0.717) is 17.8 Å². The number of amides is 1. The molecule has 0 aromatic carbocycles. The van der Waals surface area contributed by atoms with Crippen LogP contribution in [0.4, 0.5) is 0 Å². The maximum Gasteiger partial charge on any atom is 0.232 e. The molecule has 1 aliphatic heterocycles. The summed E-state index contributed by atoms with van der Waals surface area (Å²) >= 11 is 1.42. The molecular weight excluding hydrogens is 300 g/mol. The number of rotatable bonds is 4. The van der Waals surface area contributed by atoms with Gasteiger partial charge in [-0.05, 0) is 19.8 Å². The highest BCUT2D eigenvalue weighted by molar-refractivity contribution is 8.00. The number of thioether (sulfide) groups is 1. The molecule has 7 nitrogen and oxygen atoms in total. The van der Waals surface area contributed by atoms with E-state index in [4.69, 9.17) is 0 Å². The Bertz CT molecular complexity index is 650. The normalized spacial score (nSPS) is 16.0. The third-order valence-corrected chi connectivity index (χ3v) is 4.82. The second-order valence-corrected chi connectivity index (χ2v) is 6.30. The van der Waals surface area contributed by atoms with Crippen molar-refractivity contribution in [2.45, 2.75) is 44.2 Å². The molecule has 2 aromatic heterocycles. The van der Waals surface area contributed by atoms with Gasteiger partial charge in [0.25, 0.3) is 0 Å². The fraction of sp³-hybridized carbons (Fsp3) is 0.643. The second kappa shape index (κ2) is 7.04. The first kappa shape index (κ1) is 15.2. The van der Waals surface area contributed by atoms with Crippen LogP contribution in [0.1, 0.15) is 32.6 Å². The minimum atomic E-state index is 0.182. The Balaban J connectivity index is 1.68. The van der Waals surface area contributed by atoms with E-state index in [2.05, 4.69) is 20.3 Å². The van der Waals surface area contributed by atoms with Crippen LogP contribution in [0.2, 0.25) is 0 Å². The molecule has 8 heteroatoms. The monoisotopic (exact) mass is 320 g/mol. The third kappa shape index (κ3) is 3.21. The lowest BCUT2D eigenvalue weighted by atomic mass is 10.2. The standard InChI is InChI=1S/C14H20N6OS/c1-2-20-13-12(17-18-20)14(16-10-15-13)22-9-11(21)19-7-5-3-4-6-8-19/h10H,2-9H2,1H3. The van der Waals surface area contributed by atoms with Gasteiger partial charge in [0, 0.05) is 19.6 Å². The van der Waals surface area contributed by atoms with Gasteiger partial charge in [0.1, 0.15) is 11.4 Å². The summed E-state index contributed by atoms with van der Waals surface area (Å²) in [7, 11) is 0. The third-order valence-electron chi connectivity index (χ3n) is 3.86. The first-order chi connectivity index (χ1) is 10.8. The van der Waals surface area contributed by atoms with Gasteiger partial charge in [0.2, 0.25) is 5.91 Å². The molecule has 0 N–H and O–H groups in total. The van der Waals surface area contributed by atoms with Crippen LogP contribution in [0.3, 0.4) is 0 Å². The summed E-state index contributed by atoms with van der Waals surface area (Å²) in [5.74, 6) is 0.576. The van der Waals surface area contributed by atoms with Crippen molar-refractivity contribution < 1.29 is 4.79 Å². The van der Waals surface area contributed by atoms with Gasteiger partial charge < -0.3 is 4.90 Å². The summed E-state index contributed by atoms with van der Waals surface area (Å²) in [6.07, 6.45) is 6.18. The van der Waals surface area contributed by atoms with Gasteiger partial charge in [0.15, 0.2) is 11.2 Å². The van der Waals surface area contributed by atoms with Crippen LogP contribution in [0.25, 0.3) is 11.2 Å². The minimum Gasteiger partial charge on any atom is -0.342 e. The van der Waals surface area contributed by atoms with Crippen LogP contribution in [0.15, 0.2) is 11.4 Å². The number of hydrogen-bond donors (Lipinski definition) is 0. The van der Waals surface area contributed by atoms with Crippen molar-refractivity contribution in [3.63, 3.8) is 0 Å². The number of carbonyl (C=O) groups is 1. The highest BCUT2D eigenvalue weighted by Crippen LogP contribution is 2.23. The average molecular weight is 320 g/mol. The minimum absolute atomic E-state index is 0.182. The topological polar surface area (TPSA) is 76.8 Å². The number of likely N-dealkylation sites (tertiary alicyclic amines) is 1. The second-order valence-electron chi connectivity index (χ2n) is 5.34. The molecule has 0 bridgehead atoms. The summed E-state index contributed by atoms with van der Waals surface area (Å²) in [4.78, 5) is 22.8. The zero-order chi connectivity index (χ0) is 15.4. The lowest BCUT2D eigenvalue weighted by Crippen LogP contribution is -2.33. The largest absolute Gasteiger partial charge is 0.342 e. The maximum atomic E-state index is 12.3. The molecule has 1 saturated heterocycles. The molecule has 0 saturated carbocycles. The summed E-state index contributed by atoms with van der Waals surface area (Å²) in [5, 5.41) is 8.93. The Kier molecular flexibility index (Phi) is 4.87. The van der Waals surface area contributed by atoms with E-state index in [0.717, 1.165) is 36.6 Å². The van der Waals surface area contributed by atoms with E-state index >= 15 is 0 Å². The van der Waals surface area contributed by atoms with E-state index in [1.807, 2.05) is 11.8 Å². The molecule has 1 fully saturated rings. The van der Waals surface area contributed by atoms with Crippen LogP contribution in [-0.4, -0.2) is 54.6 Å². The Hall–Kier alpha value is -1.70. The molecule has 0 radical (unpaired) electrons. The van der Waals surface area contributed by atoms with Gasteiger partial charge in [-0.1, -0.05) is 29.8 Å². The predicted octanol–water partition coefficient (Wildman–Crippen LogP) is 1.74. The number of carbonyl (C=O) groups excluding carboxylic acids is 1. The van der Waals surface area contributed by atoms with Crippen LogP contribution >= 0.6 is 11.8 Å². The molecule has 1 aliphatic rings. The van der Waals surface area contributed by atoms with Gasteiger partial charge in [-0.15, -0.1) is 5.10 Å². The summed E-state index contributed by atoms with van der Waals surface area (Å²) in [6.45, 7) is 4.46. The molecule has 0 aliphatic carbocycles. The van der Waals surface area contributed by atoms with Gasteiger partial charge in [-0.25, -0.2) is 14.6 Å². The molecule has 22 heavy (non-hydrogen) atoms. The zero-order valence-corrected chi connectivity index (χ0v) is 13.6. The highest BCUT2D eigenvalue weighted by Gasteiger charge is 2.17. The number of nitrogens with zero attached hydrogens (tertiary/aromatic N) is 6. The Morgan fingerprint density at radius 1 is 1.23 bits per heavy atom. The maximum absolute atomic E-state index is 12.3. The summed E-state index contributed by atoms with van der Waals surface area (Å²) < 4.78 is 1.73. The predicted molar refractivity (Wildman–Crippen MR) is 84.6 cm³/mol. The molecule has 0 atom stereocenters. The first-order valence-electron chi connectivity index (χ1n) is 7.74. The van der Waals surface area contributed by atoms with Crippen LogP contribution in [0.5, 0.6) is 0 Å². The van der Waals surface area contributed by atoms with Gasteiger partial charge in [-0.2, -0.15) is 0 Å². The fourth-order valence-corrected chi connectivity index (χ4v) is 3.46.